The highest BCUT2D eigenvalue weighted by Gasteiger charge is 2.66. The van der Waals surface area contributed by atoms with Crippen molar-refractivity contribution in [3.63, 3.8) is 0 Å². The minimum atomic E-state index is -3.93. The summed E-state index contributed by atoms with van der Waals surface area (Å²) in [5, 5.41) is 0. The van der Waals surface area contributed by atoms with Crippen molar-refractivity contribution >= 4 is 10.4 Å². The lowest BCUT2D eigenvalue weighted by Crippen LogP contribution is -2.51. The molecule has 9 heteroatoms. The van der Waals surface area contributed by atoms with E-state index in [1.165, 1.54) is 7.11 Å². The zero-order valence-corrected chi connectivity index (χ0v) is 18.1. The SMILES string of the molecule is COCOc1ccc2c(c1F)CC[C@@H]1[C@@H]2[C@@H](OC)C[C@@]2(C)[C@H]1C[C@@H]1OS(=O)(=O)O[C@@H]12. The number of fused-ring (bicyclic) bond motifs is 7. The Balaban J connectivity index is 1.51. The predicted octanol–water partition coefficient (Wildman–Crippen LogP) is 2.93. The molecule has 0 N–H and O–H groups in total. The molecule has 166 valence electrons. The highest BCUT2D eigenvalue weighted by molar-refractivity contribution is 7.82. The van der Waals surface area contributed by atoms with E-state index in [2.05, 4.69) is 6.92 Å². The van der Waals surface area contributed by atoms with Gasteiger partial charge >= 0.3 is 10.4 Å². The van der Waals surface area contributed by atoms with E-state index < -0.39 is 22.6 Å². The Bertz CT molecular complexity index is 951. The molecule has 0 aromatic heterocycles. The monoisotopic (exact) mass is 442 g/mol. The lowest BCUT2D eigenvalue weighted by molar-refractivity contribution is -0.0853. The summed E-state index contributed by atoms with van der Waals surface area (Å²) in [6.45, 7) is 2.08. The van der Waals surface area contributed by atoms with Crippen LogP contribution in [-0.2, 0) is 34.7 Å². The highest BCUT2D eigenvalue weighted by atomic mass is 32.3. The van der Waals surface area contributed by atoms with Crippen molar-refractivity contribution < 1.29 is 35.4 Å². The van der Waals surface area contributed by atoms with E-state index in [-0.39, 0.29) is 47.6 Å². The summed E-state index contributed by atoms with van der Waals surface area (Å²) >= 11 is 0. The molecule has 7 atom stereocenters. The van der Waals surface area contributed by atoms with E-state index in [1.807, 2.05) is 6.07 Å². The quantitative estimate of drug-likeness (QED) is 0.664. The molecule has 1 heterocycles. The topological polar surface area (TPSA) is 80.3 Å². The van der Waals surface area contributed by atoms with Gasteiger partial charge in [-0.3, -0.25) is 0 Å². The van der Waals surface area contributed by atoms with Crippen LogP contribution in [0.5, 0.6) is 5.75 Å². The first-order chi connectivity index (χ1) is 14.3. The van der Waals surface area contributed by atoms with E-state index in [0.717, 1.165) is 12.0 Å². The van der Waals surface area contributed by atoms with Gasteiger partial charge < -0.3 is 14.2 Å². The van der Waals surface area contributed by atoms with Crippen molar-refractivity contribution in [3.05, 3.63) is 29.1 Å². The number of methoxy groups -OCH3 is 2. The second kappa shape index (κ2) is 7.13. The number of rotatable bonds is 4. The third kappa shape index (κ3) is 2.93. The molecule has 1 aromatic rings. The molecule has 4 aliphatic rings. The lowest BCUT2D eigenvalue weighted by atomic mass is 9.54. The summed E-state index contributed by atoms with van der Waals surface area (Å²) in [6, 6.07) is 3.61. The minimum Gasteiger partial charge on any atom is -0.464 e. The van der Waals surface area contributed by atoms with Crippen LogP contribution in [0, 0.1) is 23.1 Å². The van der Waals surface area contributed by atoms with Gasteiger partial charge in [0.1, 0.15) is 12.2 Å². The second-order valence-electron chi connectivity index (χ2n) is 9.11. The number of ether oxygens (including phenoxy) is 3. The fourth-order valence-electron chi connectivity index (χ4n) is 6.63. The normalized spacial score (nSPS) is 40.9. The van der Waals surface area contributed by atoms with Crippen molar-refractivity contribution in [1.82, 2.24) is 0 Å². The van der Waals surface area contributed by atoms with E-state index in [0.29, 0.717) is 24.8 Å². The zero-order chi connectivity index (χ0) is 21.3. The van der Waals surface area contributed by atoms with Gasteiger partial charge in [0, 0.05) is 25.6 Å². The average molecular weight is 443 g/mol. The molecule has 1 aliphatic heterocycles. The van der Waals surface area contributed by atoms with Crippen molar-refractivity contribution in [1.29, 1.82) is 0 Å². The van der Waals surface area contributed by atoms with E-state index in [9.17, 15) is 8.42 Å². The number of hydrogen-bond donors (Lipinski definition) is 0. The van der Waals surface area contributed by atoms with Crippen LogP contribution in [0.2, 0.25) is 0 Å². The lowest BCUT2D eigenvalue weighted by Gasteiger charge is -2.53. The molecular weight excluding hydrogens is 415 g/mol. The minimum absolute atomic E-state index is 0.00539. The molecule has 0 amide bonds. The summed E-state index contributed by atoms with van der Waals surface area (Å²) in [4.78, 5) is 0. The first-order valence-corrected chi connectivity index (χ1v) is 11.7. The molecule has 1 saturated heterocycles. The molecule has 3 fully saturated rings. The fraction of sp³-hybridized carbons (Fsp3) is 0.714. The van der Waals surface area contributed by atoms with E-state index >= 15 is 4.39 Å². The van der Waals surface area contributed by atoms with Gasteiger partial charge in [-0.1, -0.05) is 13.0 Å². The van der Waals surface area contributed by atoms with Crippen LogP contribution < -0.4 is 4.74 Å². The molecular formula is C21H27FO7S. The molecule has 0 radical (unpaired) electrons. The summed E-state index contributed by atoms with van der Waals surface area (Å²) in [5.74, 6) is 0.378. The Morgan fingerprint density at radius 3 is 2.80 bits per heavy atom. The smallest absolute Gasteiger partial charge is 0.400 e. The fourth-order valence-corrected chi connectivity index (χ4v) is 7.75. The molecule has 0 spiro atoms. The van der Waals surface area contributed by atoms with Gasteiger partial charge in [-0.15, -0.1) is 0 Å². The number of hydrogen-bond acceptors (Lipinski definition) is 7. The molecule has 7 nitrogen and oxygen atoms in total. The Morgan fingerprint density at radius 1 is 1.27 bits per heavy atom. The summed E-state index contributed by atoms with van der Waals surface area (Å²) in [5.41, 5.74) is 1.28. The Labute approximate surface area is 176 Å². The molecule has 5 rings (SSSR count). The third-order valence-electron chi connectivity index (χ3n) is 7.77. The Morgan fingerprint density at radius 2 is 2.07 bits per heavy atom. The number of benzene rings is 1. The maximum atomic E-state index is 15.2. The first kappa shape index (κ1) is 20.6. The van der Waals surface area contributed by atoms with Crippen LogP contribution in [0.15, 0.2) is 12.1 Å². The molecule has 30 heavy (non-hydrogen) atoms. The molecule has 0 unspecified atom stereocenters. The van der Waals surface area contributed by atoms with Gasteiger partial charge in [0.2, 0.25) is 0 Å². The van der Waals surface area contributed by atoms with E-state index in [4.69, 9.17) is 22.6 Å². The Kier molecular flexibility index (Phi) is 4.90. The second-order valence-corrected chi connectivity index (χ2v) is 10.3. The Hall–Kier alpha value is -1.26. The molecule has 1 aromatic carbocycles. The van der Waals surface area contributed by atoms with Gasteiger partial charge in [-0.05, 0) is 54.7 Å². The third-order valence-corrected chi connectivity index (χ3v) is 8.70. The van der Waals surface area contributed by atoms with Crippen LogP contribution in [-0.4, -0.2) is 47.7 Å². The largest absolute Gasteiger partial charge is 0.464 e. The van der Waals surface area contributed by atoms with Crippen molar-refractivity contribution in [2.45, 2.75) is 56.8 Å². The standard InChI is InChI=1S/C21H27FO7S/c1-21-9-17(26-3)18-11-6-7-15(27-10-25-2)19(22)12(11)4-5-13(18)14(21)8-16-20(21)29-30(23,24)28-16/h6-7,13-14,16-18,20H,4-5,8-10H2,1-3H3/t13-,14-,16-,17-,18+,20-,21-/m0/s1. The van der Waals surface area contributed by atoms with Gasteiger partial charge in [0.15, 0.2) is 18.4 Å². The van der Waals surface area contributed by atoms with Gasteiger partial charge in [0.25, 0.3) is 0 Å². The maximum Gasteiger partial charge on any atom is 0.400 e. The molecule has 2 saturated carbocycles. The van der Waals surface area contributed by atoms with Gasteiger partial charge in [0.05, 0.1) is 6.10 Å². The van der Waals surface area contributed by atoms with Crippen LogP contribution in [0.3, 0.4) is 0 Å². The van der Waals surface area contributed by atoms with Gasteiger partial charge in [-0.2, -0.15) is 8.42 Å². The van der Waals surface area contributed by atoms with Crippen molar-refractivity contribution in [2.24, 2.45) is 17.3 Å². The van der Waals surface area contributed by atoms with Gasteiger partial charge in [-0.25, -0.2) is 12.8 Å². The maximum absolute atomic E-state index is 15.2. The van der Waals surface area contributed by atoms with Crippen molar-refractivity contribution in [3.8, 4) is 5.75 Å². The van der Waals surface area contributed by atoms with E-state index in [1.54, 1.807) is 13.2 Å². The van der Waals surface area contributed by atoms with Crippen LogP contribution in [0.1, 0.15) is 43.2 Å². The number of halogens is 1. The van der Waals surface area contributed by atoms with Crippen LogP contribution >= 0.6 is 0 Å². The first-order valence-electron chi connectivity index (χ1n) is 10.4. The highest BCUT2D eigenvalue weighted by Crippen LogP contribution is 2.64. The molecule has 3 aliphatic carbocycles. The zero-order valence-electron chi connectivity index (χ0n) is 17.3. The average Bonchev–Trinajstić information content (AvgIpc) is 3.16. The molecule has 0 bridgehead atoms. The van der Waals surface area contributed by atoms with Crippen LogP contribution in [0.4, 0.5) is 4.39 Å². The van der Waals surface area contributed by atoms with Crippen molar-refractivity contribution in [2.75, 3.05) is 21.0 Å². The summed E-state index contributed by atoms with van der Waals surface area (Å²) in [7, 11) is -0.762. The summed E-state index contributed by atoms with van der Waals surface area (Å²) < 4.78 is 65.7. The summed E-state index contributed by atoms with van der Waals surface area (Å²) in [6.07, 6.45) is 1.56. The predicted molar refractivity (Wildman–Crippen MR) is 104 cm³/mol. The van der Waals surface area contributed by atoms with Crippen LogP contribution in [0.25, 0.3) is 0 Å².